The number of aromatic nitrogens is 1. The van der Waals surface area contributed by atoms with Crippen molar-refractivity contribution in [3.05, 3.63) is 59.3 Å². The monoisotopic (exact) mass is 320 g/mol. The minimum absolute atomic E-state index is 0.339. The molecule has 4 heteroatoms. The number of hydrogen-bond donors (Lipinski definition) is 2. The largest absolute Gasteiger partial charge is 0.454 e. The van der Waals surface area contributed by atoms with Gasteiger partial charge in [-0.15, -0.1) is 0 Å². The van der Waals surface area contributed by atoms with Crippen molar-refractivity contribution in [3.8, 4) is 11.5 Å². The molecule has 1 atom stereocenters. The van der Waals surface area contributed by atoms with E-state index in [0.717, 1.165) is 37.3 Å². The average Bonchev–Trinajstić information content (AvgIpc) is 3.24. The van der Waals surface area contributed by atoms with Gasteiger partial charge in [-0.2, -0.15) is 0 Å². The fraction of sp³-hybridized carbons (Fsp3) is 0.300. The maximum Gasteiger partial charge on any atom is 0.231 e. The maximum atomic E-state index is 5.57. The Bertz CT molecular complexity index is 900. The van der Waals surface area contributed by atoms with Crippen LogP contribution in [0.5, 0.6) is 11.5 Å². The molecular formula is C20H20N2O2. The van der Waals surface area contributed by atoms with Crippen molar-refractivity contribution in [2.75, 3.05) is 13.3 Å². The van der Waals surface area contributed by atoms with Gasteiger partial charge in [0.25, 0.3) is 0 Å². The standard InChI is InChI=1S/C20H20N2O2/c1-2-4-17-15(3-1)14(11-22-17)5-6-18-16-10-20-19(23-12-24-20)9-13(16)7-8-21-18/h1-4,9-11,18,21-22H,5-8,12H2/t18-/m0/s1. The zero-order chi connectivity index (χ0) is 15.9. The number of aromatic amines is 1. The summed E-state index contributed by atoms with van der Waals surface area (Å²) in [6.45, 7) is 1.36. The Morgan fingerprint density at radius 2 is 1.96 bits per heavy atom. The smallest absolute Gasteiger partial charge is 0.231 e. The average molecular weight is 320 g/mol. The summed E-state index contributed by atoms with van der Waals surface area (Å²) in [4.78, 5) is 3.37. The molecular weight excluding hydrogens is 300 g/mol. The molecule has 0 spiro atoms. The van der Waals surface area contributed by atoms with Gasteiger partial charge in [0.1, 0.15) is 0 Å². The van der Waals surface area contributed by atoms with Crippen LogP contribution in [0.4, 0.5) is 0 Å². The lowest BCUT2D eigenvalue weighted by molar-refractivity contribution is 0.174. The van der Waals surface area contributed by atoms with Crippen molar-refractivity contribution in [3.63, 3.8) is 0 Å². The van der Waals surface area contributed by atoms with Gasteiger partial charge >= 0.3 is 0 Å². The third-order valence-corrected chi connectivity index (χ3v) is 5.17. The van der Waals surface area contributed by atoms with Gasteiger partial charge in [0.15, 0.2) is 11.5 Å². The molecule has 2 aliphatic heterocycles. The molecule has 2 aromatic carbocycles. The first-order chi connectivity index (χ1) is 11.9. The minimum atomic E-state index is 0.339. The number of aryl methyl sites for hydroxylation is 1. The van der Waals surface area contributed by atoms with Crippen LogP contribution < -0.4 is 14.8 Å². The van der Waals surface area contributed by atoms with Gasteiger partial charge in [0.05, 0.1) is 0 Å². The molecule has 1 aromatic heterocycles. The van der Waals surface area contributed by atoms with Crippen LogP contribution in [-0.2, 0) is 12.8 Å². The highest BCUT2D eigenvalue weighted by molar-refractivity contribution is 5.83. The van der Waals surface area contributed by atoms with Crippen LogP contribution in [0, 0.1) is 0 Å². The number of hydrogen-bond acceptors (Lipinski definition) is 3. The molecule has 5 rings (SSSR count). The van der Waals surface area contributed by atoms with E-state index in [0.29, 0.717) is 12.8 Å². The fourth-order valence-corrected chi connectivity index (χ4v) is 3.93. The first-order valence-electron chi connectivity index (χ1n) is 8.59. The molecule has 0 fully saturated rings. The van der Waals surface area contributed by atoms with Crippen LogP contribution in [0.2, 0.25) is 0 Å². The van der Waals surface area contributed by atoms with Crippen LogP contribution in [0.25, 0.3) is 10.9 Å². The lowest BCUT2D eigenvalue weighted by Crippen LogP contribution is -2.30. The third kappa shape index (κ3) is 2.26. The molecule has 3 heterocycles. The first kappa shape index (κ1) is 13.9. The molecule has 0 aliphatic carbocycles. The van der Waals surface area contributed by atoms with E-state index in [-0.39, 0.29) is 0 Å². The van der Waals surface area contributed by atoms with E-state index in [2.05, 4.69) is 52.9 Å². The van der Waals surface area contributed by atoms with Crippen molar-refractivity contribution in [1.29, 1.82) is 0 Å². The highest BCUT2D eigenvalue weighted by Crippen LogP contribution is 2.39. The molecule has 0 unspecified atom stereocenters. The predicted molar refractivity (Wildman–Crippen MR) is 93.6 cm³/mol. The van der Waals surface area contributed by atoms with E-state index in [4.69, 9.17) is 9.47 Å². The SMILES string of the molecule is c1ccc2c(CC[C@@H]3NCCc4cc5c(cc43)OCO5)c[nH]c2c1. The lowest BCUT2D eigenvalue weighted by atomic mass is 9.90. The van der Waals surface area contributed by atoms with Crippen molar-refractivity contribution in [2.24, 2.45) is 0 Å². The van der Waals surface area contributed by atoms with E-state index in [1.54, 1.807) is 0 Å². The predicted octanol–water partition coefficient (Wildman–Crippen LogP) is 3.72. The van der Waals surface area contributed by atoms with Gasteiger partial charge in [-0.25, -0.2) is 0 Å². The van der Waals surface area contributed by atoms with E-state index in [1.807, 2.05) is 0 Å². The maximum absolute atomic E-state index is 5.57. The van der Waals surface area contributed by atoms with Gasteiger partial charge in [0, 0.05) is 23.1 Å². The van der Waals surface area contributed by atoms with Gasteiger partial charge in [-0.3, -0.25) is 0 Å². The normalized spacial score (nSPS) is 18.8. The van der Waals surface area contributed by atoms with E-state index in [9.17, 15) is 0 Å². The molecule has 122 valence electrons. The number of para-hydroxylation sites is 1. The highest BCUT2D eigenvalue weighted by Gasteiger charge is 2.24. The second kappa shape index (κ2) is 5.56. The van der Waals surface area contributed by atoms with Crippen LogP contribution in [0.15, 0.2) is 42.6 Å². The summed E-state index contributed by atoms with van der Waals surface area (Å²) in [7, 11) is 0. The Morgan fingerprint density at radius 3 is 2.92 bits per heavy atom. The first-order valence-corrected chi connectivity index (χ1v) is 8.59. The Morgan fingerprint density at radius 1 is 1.08 bits per heavy atom. The Hall–Kier alpha value is -2.46. The zero-order valence-corrected chi connectivity index (χ0v) is 13.5. The summed E-state index contributed by atoms with van der Waals surface area (Å²) < 4.78 is 11.1. The molecule has 0 bridgehead atoms. The van der Waals surface area contributed by atoms with Crippen LogP contribution >= 0.6 is 0 Å². The summed E-state index contributed by atoms with van der Waals surface area (Å²) in [5.41, 5.74) is 5.36. The van der Waals surface area contributed by atoms with Crippen molar-refractivity contribution in [1.82, 2.24) is 10.3 Å². The summed E-state index contributed by atoms with van der Waals surface area (Å²) in [6, 6.07) is 13.2. The summed E-state index contributed by atoms with van der Waals surface area (Å²) in [5, 5.41) is 5.00. The summed E-state index contributed by atoms with van der Waals surface area (Å²) in [5.74, 6) is 1.78. The number of ether oxygens (including phenoxy) is 2. The van der Waals surface area contributed by atoms with Crippen molar-refractivity contribution < 1.29 is 9.47 Å². The zero-order valence-electron chi connectivity index (χ0n) is 13.5. The second-order valence-corrected chi connectivity index (χ2v) is 6.56. The van der Waals surface area contributed by atoms with Gasteiger partial charge in [-0.1, -0.05) is 18.2 Å². The van der Waals surface area contributed by atoms with Crippen molar-refractivity contribution >= 4 is 10.9 Å². The van der Waals surface area contributed by atoms with Crippen LogP contribution in [-0.4, -0.2) is 18.3 Å². The number of fused-ring (bicyclic) bond motifs is 3. The van der Waals surface area contributed by atoms with E-state index >= 15 is 0 Å². The summed E-state index contributed by atoms with van der Waals surface area (Å²) >= 11 is 0. The van der Waals surface area contributed by atoms with E-state index < -0.39 is 0 Å². The molecule has 4 nitrogen and oxygen atoms in total. The number of nitrogens with one attached hydrogen (secondary N) is 2. The topological polar surface area (TPSA) is 46.3 Å². The number of H-pyrrole nitrogens is 1. The lowest BCUT2D eigenvalue weighted by Gasteiger charge is -2.27. The molecule has 0 radical (unpaired) electrons. The molecule has 0 saturated carbocycles. The number of benzene rings is 2. The van der Waals surface area contributed by atoms with Gasteiger partial charge in [-0.05, 0) is 60.7 Å². The second-order valence-electron chi connectivity index (χ2n) is 6.56. The van der Waals surface area contributed by atoms with Crippen LogP contribution in [0.1, 0.15) is 29.2 Å². The van der Waals surface area contributed by atoms with Gasteiger partial charge < -0.3 is 19.8 Å². The minimum Gasteiger partial charge on any atom is -0.454 e. The Balaban J connectivity index is 1.41. The fourth-order valence-electron chi connectivity index (χ4n) is 3.93. The van der Waals surface area contributed by atoms with E-state index in [1.165, 1.54) is 27.6 Å². The van der Waals surface area contributed by atoms with Gasteiger partial charge in [0.2, 0.25) is 6.79 Å². The third-order valence-electron chi connectivity index (χ3n) is 5.17. The van der Waals surface area contributed by atoms with Crippen LogP contribution in [0.3, 0.4) is 0 Å². The molecule has 24 heavy (non-hydrogen) atoms. The number of rotatable bonds is 3. The molecule has 3 aromatic rings. The summed E-state index contributed by atoms with van der Waals surface area (Å²) in [6.07, 6.45) is 5.33. The molecule has 2 aliphatic rings. The molecule has 0 saturated heterocycles. The highest BCUT2D eigenvalue weighted by atomic mass is 16.7. The van der Waals surface area contributed by atoms with Crippen molar-refractivity contribution in [2.45, 2.75) is 25.3 Å². The quantitative estimate of drug-likeness (QED) is 0.773. The Labute approximate surface area is 140 Å². The Kier molecular flexibility index (Phi) is 3.23. The molecule has 2 N–H and O–H groups in total. The molecule has 0 amide bonds.